The Bertz CT molecular complexity index is 326. The van der Waals surface area contributed by atoms with E-state index in [0.717, 1.165) is 23.9 Å². The summed E-state index contributed by atoms with van der Waals surface area (Å²) in [6.07, 6.45) is 0.990. The number of amides is 1. The van der Waals surface area contributed by atoms with Crippen molar-refractivity contribution in [3.8, 4) is 0 Å². The summed E-state index contributed by atoms with van der Waals surface area (Å²) < 4.78 is 0. The number of halogens is 1. The van der Waals surface area contributed by atoms with Crippen LogP contribution in [0.5, 0.6) is 0 Å². The van der Waals surface area contributed by atoms with E-state index >= 15 is 0 Å². The highest BCUT2D eigenvalue weighted by molar-refractivity contribution is 9.09. The summed E-state index contributed by atoms with van der Waals surface area (Å²) >= 11 is 3.37. The summed E-state index contributed by atoms with van der Waals surface area (Å²) in [5.74, 6) is 0.133. The molecule has 2 nitrogen and oxygen atoms in total. The molecule has 0 heterocycles. The van der Waals surface area contributed by atoms with Gasteiger partial charge in [0.1, 0.15) is 0 Å². The molecule has 88 valence electrons. The van der Waals surface area contributed by atoms with Gasteiger partial charge in [-0.2, -0.15) is 0 Å². The smallest absolute Gasteiger partial charge is 0.229 e. The molecule has 16 heavy (non-hydrogen) atoms. The van der Waals surface area contributed by atoms with Gasteiger partial charge in [-0.3, -0.25) is 4.79 Å². The van der Waals surface area contributed by atoms with Crippen LogP contribution in [-0.4, -0.2) is 29.7 Å². The molecule has 1 rings (SSSR count). The van der Waals surface area contributed by atoms with Crippen molar-refractivity contribution in [2.24, 2.45) is 0 Å². The lowest BCUT2D eigenvalue weighted by molar-refractivity contribution is -0.131. The van der Waals surface area contributed by atoms with Gasteiger partial charge in [-0.1, -0.05) is 46.3 Å². The summed E-state index contributed by atoms with van der Waals surface area (Å²) in [6, 6.07) is 9.91. The summed E-state index contributed by atoms with van der Waals surface area (Å²) in [5, 5.41) is 0.935. The maximum absolute atomic E-state index is 12.1. The molecule has 0 N–H and O–H groups in total. The number of benzene rings is 1. The number of likely N-dealkylation sites (N-methyl/N-ethyl adjacent to an activating group) is 1. The lowest BCUT2D eigenvalue weighted by Crippen LogP contribution is -2.31. The first kappa shape index (κ1) is 13.2. The van der Waals surface area contributed by atoms with E-state index in [-0.39, 0.29) is 11.8 Å². The second-order valence-electron chi connectivity index (χ2n) is 3.93. The van der Waals surface area contributed by atoms with Gasteiger partial charge in [0.2, 0.25) is 5.91 Å². The molecule has 1 aromatic rings. The average molecular weight is 284 g/mol. The largest absolute Gasteiger partial charge is 0.345 e. The highest BCUT2D eigenvalue weighted by Crippen LogP contribution is 2.16. The van der Waals surface area contributed by atoms with E-state index in [0.29, 0.717) is 0 Å². The summed E-state index contributed by atoms with van der Waals surface area (Å²) in [5.41, 5.74) is 1.08. The highest BCUT2D eigenvalue weighted by Gasteiger charge is 2.18. The van der Waals surface area contributed by atoms with Gasteiger partial charge >= 0.3 is 0 Å². The zero-order valence-electron chi connectivity index (χ0n) is 9.82. The van der Waals surface area contributed by atoms with Crippen molar-refractivity contribution in [3.05, 3.63) is 35.9 Å². The molecular formula is C13H18BrNO. The maximum atomic E-state index is 12.1. The predicted octanol–water partition coefficient (Wildman–Crippen LogP) is 3.03. The monoisotopic (exact) mass is 283 g/mol. The molecule has 0 bridgehead atoms. The molecular weight excluding hydrogens is 266 g/mol. The number of carbonyl (C=O) groups is 1. The third-order valence-corrected chi connectivity index (χ3v) is 3.23. The van der Waals surface area contributed by atoms with Crippen LogP contribution in [-0.2, 0) is 4.79 Å². The Morgan fingerprint density at radius 1 is 1.38 bits per heavy atom. The van der Waals surface area contributed by atoms with Crippen molar-refractivity contribution < 1.29 is 4.79 Å². The first-order chi connectivity index (χ1) is 7.66. The molecule has 0 aliphatic carbocycles. The third kappa shape index (κ3) is 3.63. The van der Waals surface area contributed by atoms with Crippen molar-refractivity contribution in [2.75, 3.05) is 18.9 Å². The van der Waals surface area contributed by atoms with E-state index < -0.39 is 0 Å². The Labute approximate surface area is 106 Å². The van der Waals surface area contributed by atoms with Crippen LogP contribution < -0.4 is 0 Å². The lowest BCUT2D eigenvalue weighted by atomic mass is 10.00. The highest BCUT2D eigenvalue weighted by atomic mass is 79.9. The van der Waals surface area contributed by atoms with E-state index in [1.807, 2.05) is 44.3 Å². The molecule has 0 aliphatic rings. The summed E-state index contributed by atoms with van der Waals surface area (Å²) in [4.78, 5) is 13.9. The zero-order chi connectivity index (χ0) is 12.0. The summed E-state index contributed by atoms with van der Waals surface area (Å²) in [7, 11) is 1.87. The van der Waals surface area contributed by atoms with Gasteiger partial charge < -0.3 is 4.90 Å². The summed E-state index contributed by atoms with van der Waals surface area (Å²) in [6.45, 7) is 2.77. The van der Waals surface area contributed by atoms with Gasteiger partial charge in [0.15, 0.2) is 0 Å². The standard InChI is InChI=1S/C13H18BrNO/c1-11(12-7-4-3-5-8-12)13(16)15(2)10-6-9-14/h3-5,7-8,11H,6,9-10H2,1-2H3. The van der Waals surface area contributed by atoms with E-state index in [2.05, 4.69) is 15.9 Å². The Morgan fingerprint density at radius 3 is 2.56 bits per heavy atom. The van der Waals surface area contributed by atoms with Crippen molar-refractivity contribution in [2.45, 2.75) is 19.3 Å². The molecule has 0 spiro atoms. The minimum atomic E-state index is -0.0541. The number of rotatable bonds is 5. The van der Waals surface area contributed by atoms with Crippen LogP contribution >= 0.6 is 15.9 Å². The van der Waals surface area contributed by atoms with Crippen LogP contribution in [0.15, 0.2) is 30.3 Å². The van der Waals surface area contributed by atoms with Crippen molar-refractivity contribution >= 4 is 21.8 Å². The van der Waals surface area contributed by atoms with Crippen LogP contribution in [0.4, 0.5) is 0 Å². The van der Waals surface area contributed by atoms with Gasteiger partial charge in [0, 0.05) is 18.9 Å². The second kappa shape index (κ2) is 6.69. The number of nitrogens with zero attached hydrogens (tertiary/aromatic N) is 1. The topological polar surface area (TPSA) is 20.3 Å². The Hall–Kier alpha value is -0.830. The molecule has 1 atom stereocenters. The fourth-order valence-corrected chi connectivity index (χ4v) is 1.87. The zero-order valence-corrected chi connectivity index (χ0v) is 11.4. The Balaban J connectivity index is 2.60. The van der Waals surface area contributed by atoms with Gasteiger partial charge in [-0.15, -0.1) is 0 Å². The fraction of sp³-hybridized carbons (Fsp3) is 0.462. The quantitative estimate of drug-likeness (QED) is 0.761. The van der Waals surface area contributed by atoms with E-state index in [4.69, 9.17) is 0 Å². The number of alkyl halides is 1. The molecule has 0 radical (unpaired) electrons. The van der Waals surface area contributed by atoms with E-state index in [9.17, 15) is 4.79 Å². The Kier molecular flexibility index (Phi) is 5.53. The molecule has 0 saturated carbocycles. The van der Waals surface area contributed by atoms with Gasteiger partial charge in [0.05, 0.1) is 5.92 Å². The van der Waals surface area contributed by atoms with E-state index in [1.165, 1.54) is 0 Å². The molecule has 0 fully saturated rings. The first-order valence-corrected chi connectivity index (χ1v) is 6.65. The number of hydrogen-bond acceptors (Lipinski definition) is 1. The minimum absolute atomic E-state index is 0.0541. The van der Waals surface area contributed by atoms with Crippen LogP contribution in [0.1, 0.15) is 24.8 Å². The van der Waals surface area contributed by atoms with Crippen LogP contribution in [0, 0.1) is 0 Å². The molecule has 1 aromatic carbocycles. The lowest BCUT2D eigenvalue weighted by Gasteiger charge is -2.21. The molecule has 0 aliphatic heterocycles. The van der Waals surface area contributed by atoms with Crippen molar-refractivity contribution in [1.82, 2.24) is 4.90 Å². The van der Waals surface area contributed by atoms with Crippen LogP contribution in [0.25, 0.3) is 0 Å². The number of hydrogen-bond donors (Lipinski definition) is 0. The SMILES string of the molecule is CC(C(=O)N(C)CCCBr)c1ccccc1. The van der Waals surface area contributed by atoms with Crippen molar-refractivity contribution in [1.29, 1.82) is 0 Å². The molecule has 0 saturated heterocycles. The number of carbonyl (C=O) groups excluding carboxylic acids is 1. The Morgan fingerprint density at radius 2 is 2.00 bits per heavy atom. The average Bonchev–Trinajstić information content (AvgIpc) is 2.35. The first-order valence-electron chi connectivity index (χ1n) is 5.52. The second-order valence-corrected chi connectivity index (χ2v) is 4.73. The normalized spacial score (nSPS) is 12.2. The molecule has 1 unspecified atom stereocenters. The molecule has 1 amide bonds. The fourth-order valence-electron chi connectivity index (χ4n) is 1.62. The minimum Gasteiger partial charge on any atom is -0.345 e. The van der Waals surface area contributed by atoms with Crippen LogP contribution in [0.3, 0.4) is 0 Å². The predicted molar refractivity (Wildman–Crippen MR) is 70.9 cm³/mol. The van der Waals surface area contributed by atoms with Gasteiger partial charge in [-0.25, -0.2) is 0 Å². The van der Waals surface area contributed by atoms with Crippen molar-refractivity contribution in [3.63, 3.8) is 0 Å². The third-order valence-electron chi connectivity index (χ3n) is 2.67. The van der Waals surface area contributed by atoms with Gasteiger partial charge in [-0.05, 0) is 18.9 Å². The van der Waals surface area contributed by atoms with E-state index in [1.54, 1.807) is 4.90 Å². The van der Waals surface area contributed by atoms with Crippen LogP contribution in [0.2, 0.25) is 0 Å². The van der Waals surface area contributed by atoms with Gasteiger partial charge in [0.25, 0.3) is 0 Å². The maximum Gasteiger partial charge on any atom is 0.229 e. The molecule has 0 aromatic heterocycles. The molecule has 3 heteroatoms.